The number of hydroxylamine groups is 2. The molecule has 2 atom stereocenters. The third kappa shape index (κ3) is 10.0. The molecule has 0 spiro atoms. The number of carbonyl (C=O) groups excluding carboxylic acids is 3. The molecule has 2 unspecified atom stereocenters. The number of amides is 2. The lowest BCUT2D eigenvalue weighted by Crippen LogP contribution is -2.33. The number of nitrogens with zero attached hydrogens (tertiary/aromatic N) is 3. The first kappa shape index (κ1) is 46.3. The van der Waals surface area contributed by atoms with Crippen LogP contribution in [-0.2, 0) is 59.8 Å². The maximum absolute atomic E-state index is 12.4. The normalized spacial score (nSPS) is 21.5. The average molecular weight is 867 g/mol. The van der Waals surface area contributed by atoms with E-state index in [1.54, 1.807) is 26.4 Å². The van der Waals surface area contributed by atoms with E-state index >= 15 is 0 Å². The Morgan fingerprint density at radius 1 is 0.800 bits per heavy atom. The van der Waals surface area contributed by atoms with Gasteiger partial charge in [-0.1, -0.05) is 30.4 Å². The summed E-state index contributed by atoms with van der Waals surface area (Å²) in [7, 11) is -6.22. The van der Waals surface area contributed by atoms with Crippen molar-refractivity contribution in [3.63, 3.8) is 0 Å². The number of carbonyl (C=O) groups is 3. The Morgan fingerprint density at radius 2 is 1.38 bits per heavy atom. The van der Waals surface area contributed by atoms with E-state index in [-0.39, 0.29) is 29.1 Å². The fraction of sp³-hybridized carbons (Fsp3) is 0.442. The van der Waals surface area contributed by atoms with Gasteiger partial charge in [0.15, 0.2) is 5.71 Å². The fourth-order valence-electron chi connectivity index (χ4n) is 8.10. The molecule has 0 aromatic heterocycles. The topological polar surface area (TPSA) is 203 Å². The van der Waals surface area contributed by atoms with Crippen LogP contribution in [-0.4, -0.2) is 99.6 Å². The Hall–Kier alpha value is -4.78. The number of allylic oxidation sites excluding steroid dienone is 8. The maximum atomic E-state index is 12.4. The summed E-state index contributed by atoms with van der Waals surface area (Å²) in [6.45, 7) is 7.84. The minimum absolute atomic E-state index is 0.0118. The Labute approximate surface area is 352 Å². The molecule has 2 amide bonds. The van der Waals surface area contributed by atoms with E-state index in [0.717, 1.165) is 28.3 Å². The molecule has 1 fully saturated rings. The van der Waals surface area contributed by atoms with Crippen molar-refractivity contribution < 1.29 is 59.2 Å². The van der Waals surface area contributed by atoms with Crippen molar-refractivity contribution in [1.29, 1.82) is 0 Å². The molecule has 1 saturated heterocycles. The first-order valence-electron chi connectivity index (χ1n) is 19.8. The molecular weight excluding hydrogens is 815 g/mol. The van der Waals surface area contributed by atoms with Crippen LogP contribution in [0.2, 0.25) is 0 Å². The van der Waals surface area contributed by atoms with Crippen LogP contribution in [0.15, 0.2) is 94.4 Å². The first-order chi connectivity index (χ1) is 28.4. The number of fused-ring (bicyclic) bond motifs is 2. The lowest BCUT2D eigenvalue weighted by molar-refractivity contribution is -0.438. The van der Waals surface area contributed by atoms with Crippen LogP contribution >= 0.6 is 0 Å². The van der Waals surface area contributed by atoms with E-state index in [4.69, 9.17) is 14.3 Å². The van der Waals surface area contributed by atoms with E-state index in [1.807, 2.05) is 63.3 Å². The van der Waals surface area contributed by atoms with Crippen LogP contribution < -0.4 is 4.90 Å². The quantitative estimate of drug-likeness (QED) is 0.0536. The molecule has 0 radical (unpaired) electrons. The third-order valence-corrected chi connectivity index (χ3v) is 13.0. The SMILES string of the molecule is CCN1/C(=C/C=C/C=C/C=C/C2=[N+](CCCCCC(=O)ON3C(=O)CCC3=O)c3ccc(S(=O)(=O)[O-])cc3C2(C)CCOC)C(C)(CCOC)c2cc(S(=O)(=O)[O-])ccc21. The lowest BCUT2D eigenvalue weighted by Gasteiger charge is -2.29. The van der Waals surface area contributed by atoms with Crippen molar-refractivity contribution >= 4 is 55.1 Å². The summed E-state index contributed by atoms with van der Waals surface area (Å²) in [6, 6.07) is 8.86. The van der Waals surface area contributed by atoms with Gasteiger partial charge >= 0.3 is 5.97 Å². The standard InChI is InChI=1S/C43H53N3O12S2/c1-6-44-35-20-18-31(59(50,51)52)29-33(35)42(2,24-27-56-4)37(44)15-11-8-7-9-12-16-38-43(3,25-28-57-5)34-30-32(60(53,54)55)19-21-36(34)45(38)26-14-10-13-17-41(49)58-46-39(47)22-23-40(46)48/h7-9,11-12,15-16,18-21,29-30H,6,10,13-14,17,22-28H2,1-5H3,(H-,50,51,52,53,54,55)/p-1. The molecule has 15 nitrogen and oxygen atoms in total. The van der Waals surface area contributed by atoms with Crippen LogP contribution in [0.3, 0.4) is 0 Å². The van der Waals surface area contributed by atoms with Gasteiger partial charge in [-0.05, 0) is 88.4 Å². The molecule has 3 heterocycles. The largest absolute Gasteiger partial charge is 0.744 e. The number of likely N-dealkylation sites (N-methyl/N-ethyl adjacent to an activating group) is 1. The summed E-state index contributed by atoms with van der Waals surface area (Å²) in [5, 5.41) is 0.537. The van der Waals surface area contributed by atoms with Crippen LogP contribution in [0.5, 0.6) is 0 Å². The number of anilines is 1. The smallest absolute Gasteiger partial charge is 0.333 e. The van der Waals surface area contributed by atoms with Crippen LogP contribution in [0.25, 0.3) is 0 Å². The molecule has 0 N–H and O–H groups in total. The van der Waals surface area contributed by atoms with Gasteiger partial charge < -0.3 is 28.3 Å². The second-order valence-electron chi connectivity index (χ2n) is 15.2. The number of hydrogen-bond acceptors (Lipinski definition) is 13. The van der Waals surface area contributed by atoms with Gasteiger partial charge in [0.1, 0.15) is 26.8 Å². The minimum atomic E-state index is -4.74. The van der Waals surface area contributed by atoms with Gasteiger partial charge in [0, 0.05) is 94.2 Å². The molecule has 0 saturated carbocycles. The molecule has 60 heavy (non-hydrogen) atoms. The van der Waals surface area contributed by atoms with E-state index in [2.05, 4.69) is 9.48 Å². The number of ether oxygens (including phenoxy) is 2. The molecular formula is C43H52N3O12S2-. The maximum Gasteiger partial charge on any atom is 0.333 e. The molecule has 324 valence electrons. The highest BCUT2D eigenvalue weighted by Gasteiger charge is 2.48. The van der Waals surface area contributed by atoms with Crippen LogP contribution in [0.1, 0.15) is 83.3 Å². The Bertz CT molecular complexity index is 2350. The molecule has 5 rings (SSSR count). The summed E-state index contributed by atoms with van der Waals surface area (Å²) < 4.78 is 85.1. The van der Waals surface area contributed by atoms with Gasteiger partial charge in [0.05, 0.1) is 15.2 Å². The first-order valence-corrected chi connectivity index (χ1v) is 22.6. The Morgan fingerprint density at radius 3 is 2.00 bits per heavy atom. The molecule has 2 aromatic rings. The van der Waals surface area contributed by atoms with Crippen LogP contribution in [0.4, 0.5) is 11.4 Å². The summed E-state index contributed by atoms with van der Waals surface area (Å²) in [5.74, 6) is -1.74. The van der Waals surface area contributed by atoms with Gasteiger partial charge in [0.2, 0.25) is 5.69 Å². The number of unbranched alkanes of at least 4 members (excludes halogenated alkanes) is 2. The zero-order valence-corrected chi connectivity index (χ0v) is 36.2. The van der Waals surface area contributed by atoms with Gasteiger partial charge in [-0.2, -0.15) is 4.58 Å². The zero-order valence-electron chi connectivity index (χ0n) is 34.5. The van der Waals surface area contributed by atoms with Gasteiger partial charge in [-0.25, -0.2) is 21.6 Å². The molecule has 0 aliphatic carbocycles. The van der Waals surface area contributed by atoms with E-state index in [9.17, 15) is 40.3 Å². The fourth-order valence-corrected chi connectivity index (χ4v) is 9.10. The zero-order chi connectivity index (χ0) is 43.9. The van der Waals surface area contributed by atoms with E-state index in [0.29, 0.717) is 69.0 Å². The molecule has 3 aliphatic rings. The molecule has 17 heteroatoms. The third-order valence-electron chi connectivity index (χ3n) is 11.3. The summed E-state index contributed by atoms with van der Waals surface area (Å²) in [5.41, 5.74) is 3.38. The molecule has 2 aromatic carbocycles. The molecule has 3 aliphatic heterocycles. The number of methoxy groups -OCH3 is 2. The summed E-state index contributed by atoms with van der Waals surface area (Å²) in [6.07, 6.45) is 16.0. The van der Waals surface area contributed by atoms with Crippen molar-refractivity contribution in [2.24, 2.45) is 0 Å². The van der Waals surface area contributed by atoms with Gasteiger partial charge in [0.25, 0.3) is 11.8 Å². The number of hydrogen-bond donors (Lipinski definition) is 0. The van der Waals surface area contributed by atoms with Gasteiger partial charge in [-0.3, -0.25) is 9.59 Å². The average Bonchev–Trinajstić information content (AvgIpc) is 3.73. The van der Waals surface area contributed by atoms with Crippen molar-refractivity contribution in [2.45, 2.75) is 92.8 Å². The summed E-state index contributed by atoms with van der Waals surface area (Å²) >= 11 is 0. The highest BCUT2D eigenvalue weighted by atomic mass is 32.2. The van der Waals surface area contributed by atoms with Crippen molar-refractivity contribution in [3.8, 4) is 0 Å². The predicted octanol–water partition coefficient (Wildman–Crippen LogP) is 5.44. The minimum Gasteiger partial charge on any atom is -0.744 e. The lowest BCUT2D eigenvalue weighted by atomic mass is 9.76. The van der Waals surface area contributed by atoms with Crippen LogP contribution in [0, 0.1) is 0 Å². The predicted molar refractivity (Wildman–Crippen MR) is 220 cm³/mol. The second-order valence-corrected chi connectivity index (χ2v) is 18.0. The van der Waals surface area contributed by atoms with Crippen molar-refractivity contribution in [2.75, 3.05) is 45.4 Å². The molecule has 0 bridgehead atoms. The number of imide groups is 1. The Balaban J connectivity index is 1.38. The highest BCUT2D eigenvalue weighted by molar-refractivity contribution is 7.86. The van der Waals surface area contributed by atoms with E-state index < -0.39 is 48.8 Å². The number of benzene rings is 2. The number of rotatable bonds is 20. The Kier molecular flexibility index (Phi) is 14.9. The second kappa shape index (κ2) is 19.3. The van der Waals surface area contributed by atoms with E-state index in [1.165, 1.54) is 24.3 Å². The van der Waals surface area contributed by atoms with Gasteiger partial charge in [-0.15, -0.1) is 5.06 Å². The van der Waals surface area contributed by atoms with Crippen molar-refractivity contribution in [1.82, 2.24) is 5.06 Å². The van der Waals surface area contributed by atoms with Crippen molar-refractivity contribution in [3.05, 3.63) is 95.8 Å². The highest BCUT2D eigenvalue weighted by Crippen LogP contribution is 2.50. The monoisotopic (exact) mass is 866 g/mol. The summed E-state index contributed by atoms with van der Waals surface area (Å²) in [4.78, 5) is 42.5.